The number of carbonyl (C=O) groups is 1. The normalized spacial score (nSPS) is 16.2. The van der Waals surface area contributed by atoms with E-state index in [-0.39, 0.29) is 12.1 Å². The number of rotatable bonds is 6. The highest BCUT2D eigenvalue weighted by Gasteiger charge is 2.34. The quantitative estimate of drug-likeness (QED) is 0.826. The number of hydrogen-bond donors (Lipinski definition) is 1. The fourth-order valence-corrected chi connectivity index (χ4v) is 3.48. The Labute approximate surface area is 165 Å². The van der Waals surface area contributed by atoms with Crippen molar-refractivity contribution >= 4 is 6.03 Å². The molecule has 28 heavy (non-hydrogen) atoms. The first-order chi connectivity index (χ1) is 13.6. The van der Waals surface area contributed by atoms with Crippen LogP contribution in [0.2, 0.25) is 0 Å². The molecular formula is C22H26N2O4. The van der Waals surface area contributed by atoms with Gasteiger partial charge in [0.05, 0.1) is 13.2 Å². The van der Waals surface area contributed by atoms with Crippen molar-refractivity contribution in [3.63, 3.8) is 0 Å². The first-order valence-corrected chi connectivity index (χ1v) is 9.68. The van der Waals surface area contributed by atoms with E-state index >= 15 is 0 Å². The molecule has 1 atom stereocenters. The number of ether oxygens (including phenoxy) is 3. The van der Waals surface area contributed by atoms with Gasteiger partial charge >= 0.3 is 6.03 Å². The minimum atomic E-state index is -0.0809. The Kier molecular flexibility index (Phi) is 5.28. The highest BCUT2D eigenvalue weighted by Crippen LogP contribution is 2.43. The Morgan fingerprint density at radius 1 is 1.14 bits per heavy atom. The second-order valence-electron chi connectivity index (χ2n) is 7.37. The first-order valence-electron chi connectivity index (χ1n) is 9.68. The Morgan fingerprint density at radius 3 is 2.54 bits per heavy atom. The summed E-state index contributed by atoms with van der Waals surface area (Å²) in [5.74, 6) is 2.81. The molecule has 2 aliphatic rings. The van der Waals surface area contributed by atoms with Gasteiger partial charge in [0.15, 0.2) is 11.5 Å². The Hall–Kier alpha value is -2.89. The van der Waals surface area contributed by atoms with Gasteiger partial charge in [0.1, 0.15) is 19.0 Å². The lowest BCUT2D eigenvalue weighted by Gasteiger charge is -2.25. The number of hydrogen-bond acceptors (Lipinski definition) is 4. The maximum absolute atomic E-state index is 12.8. The van der Waals surface area contributed by atoms with Crippen LogP contribution in [0.4, 0.5) is 4.79 Å². The number of benzene rings is 2. The van der Waals surface area contributed by atoms with Gasteiger partial charge in [-0.05, 0) is 54.2 Å². The molecule has 4 rings (SSSR count). The average Bonchev–Trinajstić information content (AvgIpc) is 3.57. The molecule has 0 spiro atoms. The minimum Gasteiger partial charge on any atom is -0.497 e. The highest BCUT2D eigenvalue weighted by atomic mass is 16.6. The molecule has 6 heteroatoms. The van der Waals surface area contributed by atoms with Gasteiger partial charge in [0.25, 0.3) is 0 Å². The summed E-state index contributed by atoms with van der Waals surface area (Å²) in [5.41, 5.74) is 2.12. The standard InChI is InChI=1S/C22H26N2O4/c1-24(14-15-3-8-18(26-2)9-4-15)22(25)23-21(16-5-6-16)17-7-10-19-20(13-17)28-12-11-27-19/h3-4,7-10,13,16,21H,5-6,11-12,14H2,1-2H3,(H,23,25). The van der Waals surface area contributed by atoms with E-state index < -0.39 is 0 Å². The smallest absolute Gasteiger partial charge is 0.317 e. The van der Waals surface area contributed by atoms with Crippen molar-refractivity contribution in [1.29, 1.82) is 0 Å². The van der Waals surface area contributed by atoms with Gasteiger partial charge in [-0.15, -0.1) is 0 Å². The van der Waals surface area contributed by atoms with Crippen LogP contribution in [-0.4, -0.2) is 38.3 Å². The van der Waals surface area contributed by atoms with Crippen LogP contribution in [0, 0.1) is 5.92 Å². The maximum Gasteiger partial charge on any atom is 0.317 e. The number of fused-ring (bicyclic) bond motifs is 1. The van der Waals surface area contributed by atoms with E-state index in [1.807, 2.05) is 49.5 Å². The molecule has 0 bridgehead atoms. The minimum absolute atomic E-state index is 0.0124. The summed E-state index contributed by atoms with van der Waals surface area (Å²) in [5, 5.41) is 3.21. The predicted octanol–water partition coefficient (Wildman–Crippen LogP) is 3.76. The number of methoxy groups -OCH3 is 1. The van der Waals surface area contributed by atoms with Gasteiger partial charge in [0, 0.05) is 13.6 Å². The molecule has 1 aliphatic carbocycles. The van der Waals surface area contributed by atoms with Crippen LogP contribution in [0.1, 0.15) is 30.0 Å². The molecule has 0 aromatic heterocycles. The van der Waals surface area contributed by atoms with Crippen molar-refractivity contribution < 1.29 is 19.0 Å². The monoisotopic (exact) mass is 382 g/mol. The van der Waals surface area contributed by atoms with E-state index in [1.54, 1.807) is 12.0 Å². The average molecular weight is 382 g/mol. The fraction of sp³-hybridized carbons (Fsp3) is 0.409. The van der Waals surface area contributed by atoms with Crippen LogP contribution in [-0.2, 0) is 6.54 Å². The van der Waals surface area contributed by atoms with Crippen LogP contribution in [0.5, 0.6) is 17.2 Å². The van der Waals surface area contributed by atoms with Gasteiger partial charge in [-0.3, -0.25) is 0 Å². The molecule has 6 nitrogen and oxygen atoms in total. The number of amides is 2. The molecule has 1 aliphatic heterocycles. The largest absolute Gasteiger partial charge is 0.497 e. The second kappa shape index (κ2) is 8.00. The second-order valence-corrected chi connectivity index (χ2v) is 7.37. The lowest BCUT2D eigenvalue weighted by atomic mass is 10.0. The molecule has 148 valence electrons. The van der Waals surface area contributed by atoms with Crippen LogP contribution in [0.15, 0.2) is 42.5 Å². The third-order valence-electron chi connectivity index (χ3n) is 5.22. The number of nitrogens with one attached hydrogen (secondary N) is 1. The zero-order valence-electron chi connectivity index (χ0n) is 16.3. The molecule has 0 radical (unpaired) electrons. The summed E-state index contributed by atoms with van der Waals surface area (Å²) in [6, 6.07) is 13.6. The van der Waals surface area contributed by atoms with Crippen molar-refractivity contribution in [3.05, 3.63) is 53.6 Å². The lowest BCUT2D eigenvalue weighted by molar-refractivity contribution is 0.171. The van der Waals surface area contributed by atoms with E-state index in [2.05, 4.69) is 5.32 Å². The Bertz CT molecular complexity index is 833. The van der Waals surface area contributed by atoms with Crippen molar-refractivity contribution in [2.24, 2.45) is 5.92 Å². The SMILES string of the molecule is COc1ccc(CN(C)C(=O)NC(c2ccc3c(c2)OCCO3)C2CC2)cc1. The summed E-state index contributed by atoms with van der Waals surface area (Å²) in [6.07, 6.45) is 2.25. The Morgan fingerprint density at radius 2 is 1.86 bits per heavy atom. The molecule has 2 aromatic carbocycles. The topological polar surface area (TPSA) is 60.0 Å². The molecule has 1 unspecified atom stereocenters. The third-order valence-corrected chi connectivity index (χ3v) is 5.22. The molecule has 2 amide bonds. The van der Waals surface area contributed by atoms with Gasteiger partial charge in [-0.25, -0.2) is 4.79 Å². The first kappa shape index (κ1) is 18.5. The number of nitrogens with zero attached hydrogens (tertiary/aromatic N) is 1. The van der Waals surface area contributed by atoms with E-state index in [4.69, 9.17) is 14.2 Å². The van der Waals surface area contributed by atoms with Gasteiger partial charge in [-0.1, -0.05) is 18.2 Å². The molecule has 2 aromatic rings. The highest BCUT2D eigenvalue weighted by molar-refractivity contribution is 5.74. The molecule has 1 fully saturated rings. The number of carbonyl (C=O) groups excluding carboxylic acids is 1. The van der Waals surface area contributed by atoms with E-state index in [1.165, 1.54) is 0 Å². The molecule has 1 N–H and O–H groups in total. The van der Waals surface area contributed by atoms with E-state index in [9.17, 15) is 4.79 Å². The molecule has 1 saturated carbocycles. The Balaban J connectivity index is 1.43. The third kappa shape index (κ3) is 4.16. The maximum atomic E-state index is 12.8. The summed E-state index contributed by atoms with van der Waals surface area (Å²) in [6.45, 7) is 1.67. The zero-order chi connectivity index (χ0) is 19.5. The van der Waals surface area contributed by atoms with Crippen molar-refractivity contribution in [1.82, 2.24) is 10.2 Å². The summed E-state index contributed by atoms with van der Waals surface area (Å²) in [4.78, 5) is 14.5. The summed E-state index contributed by atoms with van der Waals surface area (Å²) in [7, 11) is 3.46. The zero-order valence-corrected chi connectivity index (χ0v) is 16.3. The molecule has 1 heterocycles. The van der Waals surface area contributed by atoms with Gasteiger partial charge < -0.3 is 24.4 Å². The van der Waals surface area contributed by atoms with E-state index in [0.717, 1.165) is 41.2 Å². The van der Waals surface area contributed by atoms with Crippen LogP contribution >= 0.6 is 0 Å². The van der Waals surface area contributed by atoms with Crippen molar-refractivity contribution in [3.8, 4) is 17.2 Å². The molecule has 0 saturated heterocycles. The fourth-order valence-electron chi connectivity index (χ4n) is 3.48. The lowest BCUT2D eigenvalue weighted by Crippen LogP contribution is -2.39. The summed E-state index contributed by atoms with van der Waals surface area (Å²) < 4.78 is 16.5. The van der Waals surface area contributed by atoms with Crippen LogP contribution in [0.3, 0.4) is 0 Å². The molecular weight excluding hydrogens is 356 g/mol. The van der Waals surface area contributed by atoms with E-state index in [0.29, 0.717) is 25.7 Å². The van der Waals surface area contributed by atoms with Gasteiger partial charge in [-0.2, -0.15) is 0 Å². The van der Waals surface area contributed by atoms with Crippen LogP contribution < -0.4 is 19.5 Å². The van der Waals surface area contributed by atoms with Crippen LogP contribution in [0.25, 0.3) is 0 Å². The summed E-state index contributed by atoms with van der Waals surface area (Å²) >= 11 is 0. The van der Waals surface area contributed by atoms with Crippen molar-refractivity contribution in [2.45, 2.75) is 25.4 Å². The van der Waals surface area contributed by atoms with Crippen molar-refractivity contribution in [2.75, 3.05) is 27.4 Å². The predicted molar refractivity (Wildman–Crippen MR) is 106 cm³/mol. The number of urea groups is 1. The van der Waals surface area contributed by atoms with Gasteiger partial charge in [0.2, 0.25) is 0 Å².